The molecule has 1 atom stereocenters. The van der Waals surface area contributed by atoms with E-state index in [1.807, 2.05) is 0 Å². The van der Waals surface area contributed by atoms with Crippen LogP contribution in [0.4, 0.5) is 4.39 Å². The summed E-state index contributed by atoms with van der Waals surface area (Å²) >= 11 is 11.8. The normalized spacial score (nSPS) is 12.0. The maximum absolute atomic E-state index is 13.7. The summed E-state index contributed by atoms with van der Waals surface area (Å²) < 4.78 is 13.7. The zero-order chi connectivity index (χ0) is 15.6. The van der Waals surface area contributed by atoms with Gasteiger partial charge in [-0.1, -0.05) is 40.9 Å². The first-order valence-electron chi connectivity index (χ1n) is 6.40. The van der Waals surface area contributed by atoms with Crippen LogP contribution >= 0.6 is 23.2 Å². The second kappa shape index (κ2) is 6.46. The molecule has 1 N–H and O–H groups in total. The van der Waals surface area contributed by atoms with Crippen molar-refractivity contribution in [3.63, 3.8) is 0 Å². The van der Waals surface area contributed by atoms with Crippen LogP contribution in [0.25, 0.3) is 0 Å². The fraction of sp³-hybridized carbons (Fsp3) is 0.188. The quantitative estimate of drug-likeness (QED) is 0.851. The van der Waals surface area contributed by atoms with Gasteiger partial charge in [0, 0.05) is 0 Å². The van der Waals surface area contributed by atoms with Gasteiger partial charge in [0.05, 0.1) is 21.7 Å². The van der Waals surface area contributed by atoms with Crippen molar-refractivity contribution in [2.24, 2.45) is 0 Å². The summed E-state index contributed by atoms with van der Waals surface area (Å²) in [4.78, 5) is 12.1. The average molecular weight is 326 g/mol. The number of aryl methyl sites for hydroxylation is 1. The number of hydrogen-bond acceptors (Lipinski definition) is 1. The van der Waals surface area contributed by atoms with Crippen molar-refractivity contribution in [3.05, 3.63) is 69.0 Å². The number of carbonyl (C=O) groups is 1. The van der Waals surface area contributed by atoms with Crippen LogP contribution in [0.5, 0.6) is 0 Å². The van der Waals surface area contributed by atoms with Gasteiger partial charge in [-0.2, -0.15) is 0 Å². The molecule has 2 nitrogen and oxygen atoms in total. The Kier molecular flexibility index (Phi) is 4.86. The molecule has 0 aliphatic carbocycles. The van der Waals surface area contributed by atoms with Gasteiger partial charge in [-0.25, -0.2) is 4.39 Å². The molecule has 1 amide bonds. The predicted octanol–water partition coefficient (Wildman–Crippen LogP) is 4.93. The van der Waals surface area contributed by atoms with E-state index < -0.39 is 11.7 Å². The standard InChI is InChI=1S/C16H14Cl2FNO/c1-9-3-6-15(19)12(7-9)16(21)20-10(2)11-4-5-13(17)14(18)8-11/h3-8,10H,1-2H3,(H,20,21). The van der Waals surface area contributed by atoms with Gasteiger partial charge in [0.2, 0.25) is 0 Å². The van der Waals surface area contributed by atoms with Crippen molar-refractivity contribution < 1.29 is 9.18 Å². The van der Waals surface area contributed by atoms with Crippen LogP contribution in [0.15, 0.2) is 36.4 Å². The van der Waals surface area contributed by atoms with Gasteiger partial charge in [-0.3, -0.25) is 4.79 Å². The number of rotatable bonds is 3. The summed E-state index contributed by atoms with van der Waals surface area (Å²) in [5.74, 6) is -1.01. The molecule has 0 radical (unpaired) electrons. The van der Waals surface area contributed by atoms with E-state index in [-0.39, 0.29) is 11.6 Å². The molecule has 21 heavy (non-hydrogen) atoms. The Bertz CT molecular complexity index is 688. The summed E-state index contributed by atoms with van der Waals surface area (Å²) in [5.41, 5.74) is 1.65. The zero-order valence-electron chi connectivity index (χ0n) is 11.6. The topological polar surface area (TPSA) is 29.1 Å². The van der Waals surface area contributed by atoms with Crippen LogP contribution < -0.4 is 5.32 Å². The van der Waals surface area contributed by atoms with Crippen LogP contribution in [-0.2, 0) is 0 Å². The van der Waals surface area contributed by atoms with Gasteiger partial charge >= 0.3 is 0 Å². The van der Waals surface area contributed by atoms with E-state index in [1.165, 1.54) is 12.1 Å². The first kappa shape index (κ1) is 15.8. The Morgan fingerprint density at radius 2 is 1.86 bits per heavy atom. The van der Waals surface area contributed by atoms with E-state index in [9.17, 15) is 9.18 Å². The van der Waals surface area contributed by atoms with Crippen molar-refractivity contribution in [1.29, 1.82) is 0 Å². The van der Waals surface area contributed by atoms with Crippen LogP contribution in [0.2, 0.25) is 10.0 Å². The minimum Gasteiger partial charge on any atom is -0.345 e. The molecule has 0 aliphatic rings. The van der Waals surface area contributed by atoms with Crippen LogP contribution in [-0.4, -0.2) is 5.91 Å². The molecule has 0 saturated carbocycles. The molecule has 0 spiro atoms. The van der Waals surface area contributed by atoms with Gasteiger partial charge in [-0.15, -0.1) is 0 Å². The number of benzene rings is 2. The Hall–Kier alpha value is -1.58. The van der Waals surface area contributed by atoms with Crippen molar-refractivity contribution in [3.8, 4) is 0 Å². The molecule has 110 valence electrons. The van der Waals surface area contributed by atoms with E-state index in [0.29, 0.717) is 10.0 Å². The predicted molar refractivity (Wildman–Crippen MR) is 83.5 cm³/mol. The summed E-state index contributed by atoms with van der Waals surface area (Å²) in [6, 6.07) is 9.23. The molecule has 2 rings (SSSR count). The summed E-state index contributed by atoms with van der Waals surface area (Å²) in [5, 5.41) is 3.61. The molecule has 0 aromatic heterocycles. The molecule has 5 heteroatoms. The molecule has 0 fully saturated rings. The summed E-state index contributed by atoms with van der Waals surface area (Å²) in [7, 11) is 0. The number of amides is 1. The van der Waals surface area contributed by atoms with Crippen molar-refractivity contribution >= 4 is 29.1 Å². The fourth-order valence-electron chi connectivity index (χ4n) is 1.95. The lowest BCUT2D eigenvalue weighted by Gasteiger charge is -2.15. The second-order valence-corrected chi connectivity index (χ2v) is 5.67. The lowest BCUT2D eigenvalue weighted by molar-refractivity contribution is 0.0935. The molecule has 1 unspecified atom stereocenters. The molecular weight excluding hydrogens is 312 g/mol. The van der Waals surface area contributed by atoms with Crippen LogP contribution in [0.1, 0.15) is 34.5 Å². The van der Waals surface area contributed by atoms with E-state index in [2.05, 4.69) is 5.32 Å². The van der Waals surface area contributed by atoms with Gasteiger partial charge in [-0.05, 0) is 43.7 Å². The third-order valence-electron chi connectivity index (χ3n) is 3.16. The third kappa shape index (κ3) is 3.74. The van der Waals surface area contributed by atoms with E-state index in [4.69, 9.17) is 23.2 Å². The monoisotopic (exact) mass is 325 g/mol. The van der Waals surface area contributed by atoms with Crippen LogP contribution in [0, 0.1) is 12.7 Å². The Morgan fingerprint density at radius 1 is 1.14 bits per heavy atom. The first-order chi connectivity index (χ1) is 9.88. The van der Waals surface area contributed by atoms with Gasteiger partial charge in [0.1, 0.15) is 5.82 Å². The number of nitrogens with one attached hydrogen (secondary N) is 1. The first-order valence-corrected chi connectivity index (χ1v) is 7.16. The molecule has 2 aromatic rings. The maximum Gasteiger partial charge on any atom is 0.254 e. The molecule has 0 aliphatic heterocycles. The highest BCUT2D eigenvalue weighted by Gasteiger charge is 2.16. The Balaban J connectivity index is 2.18. The van der Waals surface area contributed by atoms with Crippen LogP contribution in [0.3, 0.4) is 0 Å². The Labute approximate surface area is 132 Å². The summed E-state index contributed by atoms with van der Waals surface area (Å²) in [6.45, 7) is 3.60. The minimum atomic E-state index is -0.542. The average Bonchev–Trinajstić information content (AvgIpc) is 2.44. The number of halogens is 3. The lowest BCUT2D eigenvalue weighted by Crippen LogP contribution is -2.27. The second-order valence-electron chi connectivity index (χ2n) is 4.85. The van der Waals surface area contributed by atoms with Gasteiger partial charge in [0.15, 0.2) is 0 Å². The highest BCUT2D eigenvalue weighted by Crippen LogP contribution is 2.25. The Morgan fingerprint density at radius 3 is 2.52 bits per heavy atom. The minimum absolute atomic E-state index is 0.0295. The highest BCUT2D eigenvalue weighted by atomic mass is 35.5. The lowest BCUT2D eigenvalue weighted by atomic mass is 10.1. The van der Waals surface area contributed by atoms with E-state index in [0.717, 1.165) is 11.1 Å². The molecule has 0 saturated heterocycles. The van der Waals surface area contributed by atoms with Crippen molar-refractivity contribution in [2.75, 3.05) is 0 Å². The number of carbonyl (C=O) groups excluding carboxylic acids is 1. The van der Waals surface area contributed by atoms with E-state index >= 15 is 0 Å². The number of hydrogen-bond donors (Lipinski definition) is 1. The zero-order valence-corrected chi connectivity index (χ0v) is 13.1. The highest BCUT2D eigenvalue weighted by molar-refractivity contribution is 6.42. The fourth-order valence-corrected chi connectivity index (χ4v) is 2.26. The molecule has 0 heterocycles. The van der Waals surface area contributed by atoms with Crippen molar-refractivity contribution in [1.82, 2.24) is 5.32 Å². The maximum atomic E-state index is 13.7. The SMILES string of the molecule is Cc1ccc(F)c(C(=O)NC(C)c2ccc(Cl)c(Cl)c2)c1. The molecule has 0 bridgehead atoms. The summed E-state index contributed by atoms with van der Waals surface area (Å²) in [6.07, 6.45) is 0. The van der Waals surface area contributed by atoms with E-state index in [1.54, 1.807) is 38.1 Å². The van der Waals surface area contributed by atoms with Gasteiger partial charge < -0.3 is 5.32 Å². The smallest absolute Gasteiger partial charge is 0.254 e. The molecule has 2 aromatic carbocycles. The van der Waals surface area contributed by atoms with Gasteiger partial charge in [0.25, 0.3) is 5.91 Å². The van der Waals surface area contributed by atoms with Crippen molar-refractivity contribution in [2.45, 2.75) is 19.9 Å². The molecular formula is C16H14Cl2FNO. The third-order valence-corrected chi connectivity index (χ3v) is 3.90. The largest absolute Gasteiger partial charge is 0.345 e.